The number of pyridine rings is 1. The average Bonchev–Trinajstić information content (AvgIpc) is 3.02. The van der Waals surface area contributed by atoms with Crippen molar-refractivity contribution in [3.63, 3.8) is 0 Å². The van der Waals surface area contributed by atoms with Gasteiger partial charge in [-0.2, -0.15) is 0 Å². The summed E-state index contributed by atoms with van der Waals surface area (Å²) in [5.41, 5.74) is 2.27. The SMILES string of the molecule is CN=C(NCc1ncccc1C)NC1CC1C.I. The van der Waals surface area contributed by atoms with E-state index in [0.717, 1.165) is 17.6 Å². The predicted octanol–water partition coefficient (Wildman–Crippen LogP) is 2.08. The minimum atomic E-state index is 0. The lowest BCUT2D eigenvalue weighted by molar-refractivity contribution is 0.754. The molecule has 1 aromatic rings. The second kappa shape index (κ2) is 6.92. The number of halogens is 1. The molecule has 18 heavy (non-hydrogen) atoms. The maximum atomic E-state index is 4.35. The first-order valence-electron chi connectivity index (χ1n) is 6.08. The van der Waals surface area contributed by atoms with Crippen LogP contribution >= 0.6 is 24.0 Å². The van der Waals surface area contributed by atoms with Crippen molar-refractivity contribution >= 4 is 29.9 Å². The van der Waals surface area contributed by atoms with E-state index in [-0.39, 0.29) is 24.0 Å². The summed E-state index contributed by atoms with van der Waals surface area (Å²) in [6.07, 6.45) is 3.06. The third-order valence-corrected chi connectivity index (χ3v) is 3.20. The molecule has 0 spiro atoms. The van der Waals surface area contributed by atoms with Gasteiger partial charge in [0.25, 0.3) is 0 Å². The largest absolute Gasteiger partial charge is 0.353 e. The van der Waals surface area contributed by atoms with Crippen LogP contribution < -0.4 is 10.6 Å². The molecule has 1 aliphatic rings. The van der Waals surface area contributed by atoms with Crippen LogP contribution in [0.25, 0.3) is 0 Å². The van der Waals surface area contributed by atoms with Gasteiger partial charge in [0.15, 0.2) is 5.96 Å². The van der Waals surface area contributed by atoms with Crippen molar-refractivity contribution in [2.45, 2.75) is 32.9 Å². The molecule has 0 aromatic carbocycles. The van der Waals surface area contributed by atoms with Crippen molar-refractivity contribution in [2.75, 3.05) is 7.05 Å². The number of hydrogen-bond donors (Lipinski definition) is 2. The van der Waals surface area contributed by atoms with Crippen LogP contribution in [0, 0.1) is 12.8 Å². The standard InChI is InChI=1S/C13H20N4.HI/c1-9-5-4-6-15-12(9)8-16-13(14-3)17-11-7-10(11)2;/h4-6,10-11H,7-8H2,1-3H3,(H2,14,16,17);1H. The number of aliphatic imine (C=N–C) groups is 1. The Hall–Kier alpha value is -0.850. The zero-order valence-corrected chi connectivity index (χ0v) is 13.4. The summed E-state index contributed by atoms with van der Waals surface area (Å²) in [4.78, 5) is 8.56. The van der Waals surface area contributed by atoms with Gasteiger partial charge in [-0.15, -0.1) is 24.0 Å². The summed E-state index contributed by atoms with van der Waals surface area (Å²) in [6, 6.07) is 4.62. The summed E-state index contributed by atoms with van der Waals surface area (Å²) in [5.74, 6) is 1.63. The van der Waals surface area contributed by atoms with Crippen LogP contribution in [-0.2, 0) is 6.54 Å². The van der Waals surface area contributed by atoms with E-state index in [0.29, 0.717) is 12.6 Å². The maximum Gasteiger partial charge on any atom is 0.191 e. The minimum absolute atomic E-state index is 0. The first-order valence-corrected chi connectivity index (χ1v) is 6.08. The van der Waals surface area contributed by atoms with Crippen molar-refractivity contribution in [1.29, 1.82) is 0 Å². The van der Waals surface area contributed by atoms with E-state index in [2.05, 4.69) is 40.5 Å². The monoisotopic (exact) mass is 360 g/mol. The molecule has 0 bridgehead atoms. The summed E-state index contributed by atoms with van der Waals surface area (Å²) in [5, 5.41) is 6.69. The highest BCUT2D eigenvalue weighted by Crippen LogP contribution is 2.28. The number of nitrogens with one attached hydrogen (secondary N) is 2. The van der Waals surface area contributed by atoms with Gasteiger partial charge in [0.05, 0.1) is 12.2 Å². The molecule has 0 aliphatic heterocycles. The van der Waals surface area contributed by atoms with Gasteiger partial charge in [-0.3, -0.25) is 9.98 Å². The quantitative estimate of drug-likeness (QED) is 0.493. The number of aryl methyl sites for hydroxylation is 1. The maximum absolute atomic E-state index is 4.35. The Morgan fingerprint density at radius 2 is 2.28 bits per heavy atom. The van der Waals surface area contributed by atoms with Crippen LogP contribution in [0.5, 0.6) is 0 Å². The molecule has 1 fully saturated rings. The number of aromatic nitrogens is 1. The summed E-state index contributed by atoms with van der Waals surface area (Å²) >= 11 is 0. The molecule has 100 valence electrons. The van der Waals surface area contributed by atoms with Crippen molar-refractivity contribution in [3.05, 3.63) is 29.6 Å². The third-order valence-electron chi connectivity index (χ3n) is 3.20. The molecule has 2 unspecified atom stereocenters. The van der Waals surface area contributed by atoms with Crippen molar-refractivity contribution in [3.8, 4) is 0 Å². The van der Waals surface area contributed by atoms with E-state index in [1.165, 1.54) is 12.0 Å². The Morgan fingerprint density at radius 3 is 2.83 bits per heavy atom. The number of guanidine groups is 1. The molecule has 0 saturated heterocycles. The van der Waals surface area contributed by atoms with Crippen molar-refractivity contribution in [2.24, 2.45) is 10.9 Å². The van der Waals surface area contributed by atoms with Gasteiger partial charge < -0.3 is 10.6 Å². The Bertz CT molecular complexity index is 419. The Kier molecular flexibility index (Phi) is 5.84. The van der Waals surface area contributed by atoms with Gasteiger partial charge in [0.2, 0.25) is 0 Å². The Morgan fingerprint density at radius 1 is 1.56 bits per heavy atom. The van der Waals surface area contributed by atoms with E-state index < -0.39 is 0 Å². The van der Waals surface area contributed by atoms with Crippen molar-refractivity contribution in [1.82, 2.24) is 15.6 Å². The topological polar surface area (TPSA) is 49.3 Å². The highest BCUT2D eigenvalue weighted by atomic mass is 127. The van der Waals surface area contributed by atoms with E-state index in [9.17, 15) is 0 Å². The lowest BCUT2D eigenvalue weighted by atomic mass is 10.2. The molecule has 1 aliphatic carbocycles. The molecular weight excluding hydrogens is 339 g/mol. The van der Waals surface area contributed by atoms with E-state index >= 15 is 0 Å². The fraction of sp³-hybridized carbons (Fsp3) is 0.538. The molecule has 2 rings (SSSR count). The highest BCUT2D eigenvalue weighted by Gasteiger charge is 2.33. The van der Waals surface area contributed by atoms with Crippen molar-refractivity contribution < 1.29 is 0 Å². The third kappa shape index (κ3) is 4.12. The van der Waals surface area contributed by atoms with E-state index in [1.54, 1.807) is 7.05 Å². The fourth-order valence-corrected chi connectivity index (χ4v) is 1.76. The second-order valence-electron chi connectivity index (χ2n) is 4.66. The zero-order valence-electron chi connectivity index (χ0n) is 11.1. The fourth-order valence-electron chi connectivity index (χ4n) is 1.76. The zero-order chi connectivity index (χ0) is 12.3. The number of hydrogen-bond acceptors (Lipinski definition) is 2. The molecule has 0 radical (unpaired) electrons. The van der Waals surface area contributed by atoms with Gasteiger partial charge in [-0.25, -0.2) is 0 Å². The molecule has 1 saturated carbocycles. The molecule has 2 atom stereocenters. The summed E-state index contributed by atoms with van der Waals surface area (Å²) in [7, 11) is 1.80. The lowest BCUT2D eigenvalue weighted by Gasteiger charge is -2.12. The van der Waals surface area contributed by atoms with Crippen LogP contribution in [0.1, 0.15) is 24.6 Å². The van der Waals surface area contributed by atoms with E-state index in [1.807, 2.05) is 12.3 Å². The van der Waals surface area contributed by atoms with Gasteiger partial charge in [0.1, 0.15) is 0 Å². The summed E-state index contributed by atoms with van der Waals surface area (Å²) in [6.45, 7) is 5.03. The molecule has 1 heterocycles. The normalized spacial score (nSPS) is 22.1. The predicted molar refractivity (Wildman–Crippen MR) is 85.3 cm³/mol. The molecular formula is C13H21IN4. The number of nitrogens with zero attached hydrogens (tertiary/aromatic N) is 2. The Labute approximate surface area is 126 Å². The Balaban J connectivity index is 0.00000162. The van der Waals surface area contributed by atoms with Crippen LogP contribution in [0.4, 0.5) is 0 Å². The van der Waals surface area contributed by atoms with Gasteiger partial charge >= 0.3 is 0 Å². The minimum Gasteiger partial charge on any atom is -0.353 e. The van der Waals surface area contributed by atoms with Gasteiger partial charge in [-0.1, -0.05) is 13.0 Å². The molecule has 0 amide bonds. The molecule has 5 heteroatoms. The van der Waals surface area contributed by atoms with E-state index in [4.69, 9.17) is 0 Å². The average molecular weight is 360 g/mol. The molecule has 2 N–H and O–H groups in total. The van der Waals surface area contributed by atoms with Crippen LogP contribution in [0.3, 0.4) is 0 Å². The smallest absolute Gasteiger partial charge is 0.191 e. The number of rotatable bonds is 3. The van der Waals surface area contributed by atoms with Crippen LogP contribution in [0.15, 0.2) is 23.3 Å². The summed E-state index contributed by atoms with van der Waals surface area (Å²) < 4.78 is 0. The van der Waals surface area contributed by atoms with Gasteiger partial charge in [0, 0.05) is 19.3 Å². The second-order valence-corrected chi connectivity index (χ2v) is 4.66. The first-order chi connectivity index (χ1) is 8.20. The molecule has 1 aromatic heterocycles. The lowest BCUT2D eigenvalue weighted by Crippen LogP contribution is -2.38. The first kappa shape index (κ1) is 15.2. The van der Waals surface area contributed by atoms with Crippen LogP contribution in [-0.4, -0.2) is 24.0 Å². The van der Waals surface area contributed by atoms with Crippen LogP contribution in [0.2, 0.25) is 0 Å². The van der Waals surface area contributed by atoms with Gasteiger partial charge in [-0.05, 0) is 30.9 Å². The highest BCUT2D eigenvalue weighted by molar-refractivity contribution is 14.0. The molecule has 4 nitrogen and oxygen atoms in total.